The van der Waals surface area contributed by atoms with E-state index >= 15 is 0 Å². The first-order chi connectivity index (χ1) is 9.31. The minimum atomic E-state index is -0.281. The van der Waals surface area contributed by atoms with Crippen LogP contribution in [-0.4, -0.2) is 35.9 Å². The van der Waals surface area contributed by atoms with E-state index in [0.29, 0.717) is 24.7 Å². The second kappa shape index (κ2) is 5.46. The van der Waals surface area contributed by atoms with E-state index in [-0.39, 0.29) is 11.9 Å². The molecule has 1 fully saturated rings. The maximum atomic E-state index is 12.8. The van der Waals surface area contributed by atoms with Gasteiger partial charge in [-0.3, -0.25) is 0 Å². The van der Waals surface area contributed by atoms with E-state index in [0.717, 1.165) is 18.7 Å². The molecule has 3 rings (SSSR count). The van der Waals surface area contributed by atoms with Crippen LogP contribution in [0.3, 0.4) is 0 Å². The van der Waals surface area contributed by atoms with Gasteiger partial charge in [-0.05, 0) is 24.3 Å². The Morgan fingerprint density at radius 1 is 1.32 bits per heavy atom. The third-order valence-electron chi connectivity index (χ3n) is 2.99. The molecule has 1 aliphatic heterocycles. The van der Waals surface area contributed by atoms with E-state index in [1.54, 1.807) is 12.1 Å². The maximum Gasteiger partial charge on any atom is 0.228 e. The lowest BCUT2D eigenvalue weighted by Crippen LogP contribution is -2.42. The smallest absolute Gasteiger partial charge is 0.228 e. The average molecular weight is 263 g/mol. The molecule has 1 atom stereocenters. The highest BCUT2D eigenvalue weighted by Gasteiger charge is 2.17. The fraction of sp³-hybridized carbons (Fsp3) is 0.385. The molecular weight excluding hydrogens is 249 g/mol. The number of halogens is 1. The minimum absolute atomic E-state index is 0.204. The van der Waals surface area contributed by atoms with E-state index in [1.165, 1.54) is 12.1 Å². The van der Waals surface area contributed by atoms with Gasteiger partial charge in [-0.25, -0.2) is 4.39 Å². The van der Waals surface area contributed by atoms with Crippen molar-refractivity contribution in [2.45, 2.75) is 12.5 Å². The van der Waals surface area contributed by atoms with Crippen molar-refractivity contribution in [3.8, 4) is 11.4 Å². The summed E-state index contributed by atoms with van der Waals surface area (Å²) in [4.78, 5) is 4.31. The zero-order valence-electron chi connectivity index (χ0n) is 10.3. The van der Waals surface area contributed by atoms with Gasteiger partial charge >= 0.3 is 0 Å². The zero-order chi connectivity index (χ0) is 13.1. The number of hydrogen-bond donors (Lipinski definition) is 1. The summed E-state index contributed by atoms with van der Waals surface area (Å²) in [5, 5.41) is 7.23. The maximum absolute atomic E-state index is 12.8. The monoisotopic (exact) mass is 263 g/mol. The fourth-order valence-corrected chi connectivity index (χ4v) is 2.02. The van der Waals surface area contributed by atoms with Crippen LogP contribution in [0.25, 0.3) is 11.4 Å². The third kappa shape index (κ3) is 2.97. The number of aromatic nitrogens is 2. The second-order valence-electron chi connectivity index (χ2n) is 4.45. The van der Waals surface area contributed by atoms with Crippen LogP contribution >= 0.6 is 0 Å². The molecule has 2 heterocycles. The van der Waals surface area contributed by atoms with E-state index in [1.807, 2.05) is 0 Å². The lowest BCUT2D eigenvalue weighted by molar-refractivity contribution is 0.0744. The quantitative estimate of drug-likeness (QED) is 0.907. The standard InChI is InChI=1S/C13H14FN3O2/c14-10-3-1-9(2-4-10)13-16-12(19-17-13)7-11-8-18-6-5-15-11/h1-4,11,15H,5-8H2. The van der Waals surface area contributed by atoms with Crippen LogP contribution in [0.15, 0.2) is 28.8 Å². The Hall–Kier alpha value is -1.79. The van der Waals surface area contributed by atoms with Gasteiger partial charge < -0.3 is 14.6 Å². The molecule has 1 aliphatic rings. The molecule has 0 bridgehead atoms. The van der Waals surface area contributed by atoms with Gasteiger partial charge in [0.2, 0.25) is 11.7 Å². The molecule has 0 saturated carbocycles. The topological polar surface area (TPSA) is 60.2 Å². The molecule has 0 aliphatic carbocycles. The van der Waals surface area contributed by atoms with Crippen molar-refractivity contribution in [3.05, 3.63) is 36.0 Å². The van der Waals surface area contributed by atoms with Crippen LogP contribution in [0.2, 0.25) is 0 Å². The Labute approximate surface area is 109 Å². The molecule has 2 aromatic rings. The van der Waals surface area contributed by atoms with E-state index in [2.05, 4.69) is 15.5 Å². The largest absolute Gasteiger partial charge is 0.378 e. The van der Waals surface area contributed by atoms with Crippen molar-refractivity contribution in [1.82, 2.24) is 15.5 Å². The number of morpholine rings is 1. The van der Waals surface area contributed by atoms with Crippen molar-refractivity contribution < 1.29 is 13.7 Å². The van der Waals surface area contributed by atoms with Crippen molar-refractivity contribution >= 4 is 0 Å². The number of benzene rings is 1. The predicted molar refractivity (Wildman–Crippen MR) is 66.0 cm³/mol. The summed E-state index contributed by atoms with van der Waals surface area (Å²) in [5.74, 6) is 0.755. The Bertz CT molecular complexity index is 535. The van der Waals surface area contributed by atoms with Crippen LogP contribution in [-0.2, 0) is 11.2 Å². The Morgan fingerprint density at radius 3 is 2.89 bits per heavy atom. The molecule has 1 saturated heterocycles. The van der Waals surface area contributed by atoms with Crippen LogP contribution in [0.5, 0.6) is 0 Å². The van der Waals surface area contributed by atoms with Gasteiger partial charge in [0.05, 0.1) is 13.2 Å². The van der Waals surface area contributed by atoms with E-state index in [4.69, 9.17) is 9.26 Å². The van der Waals surface area contributed by atoms with Crippen LogP contribution in [0.4, 0.5) is 4.39 Å². The highest BCUT2D eigenvalue weighted by molar-refractivity contribution is 5.53. The van der Waals surface area contributed by atoms with E-state index in [9.17, 15) is 4.39 Å². The zero-order valence-corrected chi connectivity index (χ0v) is 10.3. The van der Waals surface area contributed by atoms with Gasteiger partial charge in [0.15, 0.2) is 0 Å². The van der Waals surface area contributed by atoms with Gasteiger partial charge in [-0.15, -0.1) is 0 Å². The summed E-state index contributed by atoms with van der Waals surface area (Å²) >= 11 is 0. The lowest BCUT2D eigenvalue weighted by atomic mass is 10.2. The highest BCUT2D eigenvalue weighted by Crippen LogP contribution is 2.16. The van der Waals surface area contributed by atoms with Gasteiger partial charge in [0.1, 0.15) is 5.82 Å². The molecule has 0 radical (unpaired) electrons. The first-order valence-corrected chi connectivity index (χ1v) is 6.21. The minimum Gasteiger partial charge on any atom is -0.378 e. The molecule has 19 heavy (non-hydrogen) atoms. The summed E-state index contributed by atoms with van der Waals surface area (Å²) in [5.41, 5.74) is 0.740. The molecule has 1 N–H and O–H groups in total. The number of nitrogens with one attached hydrogen (secondary N) is 1. The molecule has 1 unspecified atom stereocenters. The number of rotatable bonds is 3. The fourth-order valence-electron chi connectivity index (χ4n) is 2.02. The summed E-state index contributed by atoms with van der Waals surface area (Å²) in [7, 11) is 0. The summed E-state index contributed by atoms with van der Waals surface area (Å²) < 4.78 is 23.4. The van der Waals surface area contributed by atoms with Crippen molar-refractivity contribution in [3.63, 3.8) is 0 Å². The Kier molecular flexibility index (Phi) is 3.52. The summed E-state index contributed by atoms with van der Waals surface area (Å²) in [6.07, 6.45) is 0.633. The molecular formula is C13H14FN3O2. The van der Waals surface area contributed by atoms with Gasteiger partial charge in [0, 0.05) is 24.6 Å². The molecule has 1 aromatic carbocycles. The van der Waals surface area contributed by atoms with Crippen molar-refractivity contribution in [2.24, 2.45) is 0 Å². The predicted octanol–water partition coefficient (Wildman–Crippen LogP) is 1.41. The summed E-state index contributed by atoms with van der Waals surface area (Å²) in [6.45, 7) is 2.22. The first-order valence-electron chi connectivity index (χ1n) is 6.21. The first kappa shape index (κ1) is 12.3. The van der Waals surface area contributed by atoms with Gasteiger partial charge in [0.25, 0.3) is 0 Å². The molecule has 0 amide bonds. The second-order valence-corrected chi connectivity index (χ2v) is 4.45. The average Bonchev–Trinajstić information content (AvgIpc) is 2.89. The number of nitrogens with zero attached hydrogens (tertiary/aromatic N) is 2. The number of ether oxygens (including phenoxy) is 1. The highest BCUT2D eigenvalue weighted by atomic mass is 19.1. The van der Waals surface area contributed by atoms with Crippen LogP contribution in [0.1, 0.15) is 5.89 Å². The molecule has 1 aromatic heterocycles. The van der Waals surface area contributed by atoms with Crippen molar-refractivity contribution in [2.75, 3.05) is 19.8 Å². The van der Waals surface area contributed by atoms with Crippen molar-refractivity contribution in [1.29, 1.82) is 0 Å². The number of hydrogen-bond acceptors (Lipinski definition) is 5. The Balaban J connectivity index is 1.70. The molecule has 6 heteroatoms. The molecule has 0 spiro atoms. The molecule has 100 valence electrons. The SMILES string of the molecule is Fc1ccc(-c2noc(CC3COCCN3)n2)cc1. The van der Waals surface area contributed by atoms with E-state index < -0.39 is 0 Å². The third-order valence-corrected chi connectivity index (χ3v) is 2.99. The Morgan fingerprint density at radius 2 is 2.16 bits per heavy atom. The normalized spacial score (nSPS) is 19.5. The lowest BCUT2D eigenvalue weighted by Gasteiger charge is -2.22. The van der Waals surface area contributed by atoms with Gasteiger partial charge in [-0.1, -0.05) is 5.16 Å². The van der Waals surface area contributed by atoms with Crippen LogP contribution < -0.4 is 5.32 Å². The van der Waals surface area contributed by atoms with Gasteiger partial charge in [-0.2, -0.15) is 4.98 Å². The summed E-state index contributed by atoms with van der Waals surface area (Å²) in [6, 6.07) is 6.22. The molecule has 5 nitrogen and oxygen atoms in total. The van der Waals surface area contributed by atoms with Crippen LogP contribution in [0, 0.1) is 5.82 Å².